The van der Waals surface area contributed by atoms with Gasteiger partial charge in [-0.25, -0.2) is 0 Å². The number of hydrogen-bond donors (Lipinski definition) is 0. The average Bonchev–Trinajstić information content (AvgIpc) is 2.83. The Kier molecular flexibility index (Phi) is 3.36. The van der Waals surface area contributed by atoms with Crippen LogP contribution in [0.1, 0.15) is 40.0 Å². The molecular formula is C14H22O2. The summed E-state index contributed by atoms with van der Waals surface area (Å²) in [7, 11) is 0. The van der Waals surface area contributed by atoms with E-state index < -0.39 is 0 Å². The summed E-state index contributed by atoms with van der Waals surface area (Å²) in [5.41, 5.74) is 1.64. The number of ether oxygens (including phenoxy) is 1. The van der Waals surface area contributed by atoms with E-state index in [-0.39, 0.29) is 11.9 Å². The van der Waals surface area contributed by atoms with Crippen LogP contribution in [0.5, 0.6) is 0 Å². The van der Waals surface area contributed by atoms with E-state index in [1.807, 2.05) is 13.8 Å². The maximum atomic E-state index is 11.4. The molecule has 0 aromatic heterocycles. The molecule has 0 N–H and O–H groups in total. The Balaban J connectivity index is 1.81. The molecule has 90 valence electrons. The first-order valence-corrected chi connectivity index (χ1v) is 6.43. The van der Waals surface area contributed by atoms with Crippen molar-refractivity contribution in [3.8, 4) is 0 Å². The molecule has 2 heteroatoms. The minimum Gasteiger partial charge on any atom is -0.465 e. The Morgan fingerprint density at radius 3 is 2.75 bits per heavy atom. The summed E-state index contributed by atoms with van der Waals surface area (Å²) in [4.78, 5) is 11.4. The van der Waals surface area contributed by atoms with Crippen LogP contribution < -0.4 is 0 Å². The molecule has 0 spiro atoms. The molecule has 2 bridgehead atoms. The molecule has 2 nitrogen and oxygen atoms in total. The van der Waals surface area contributed by atoms with Crippen LogP contribution in [0.15, 0.2) is 11.6 Å². The third-order valence-electron chi connectivity index (χ3n) is 4.15. The van der Waals surface area contributed by atoms with Gasteiger partial charge >= 0.3 is 5.97 Å². The quantitative estimate of drug-likeness (QED) is 0.541. The highest BCUT2D eigenvalue weighted by Gasteiger charge is 2.42. The fraction of sp³-hybridized carbons (Fsp3) is 0.786. The van der Waals surface area contributed by atoms with Gasteiger partial charge in [-0.2, -0.15) is 0 Å². The van der Waals surface area contributed by atoms with Crippen molar-refractivity contribution in [1.82, 2.24) is 0 Å². The van der Waals surface area contributed by atoms with E-state index in [4.69, 9.17) is 4.74 Å². The second kappa shape index (κ2) is 4.60. The van der Waals surface area contributed by atoms with E-state index in [9.17, 15) is 4.79 Å². The number of carbonyl (C=O) groups excluding carboxylic acids is 1. The molecule has 0 aromatic carbocycles. The minimum absolute atomic E-state index is 0.00434. The van der Waals surface area contributed by atoms with Gasteiger partial charge in [-0.05, 0) is 43.9 Å². The summed E-state index contributed by atoms with van der Waals surface area (Å²) in [5, 5.41) is 0. The zero-order valence-electron chi connectivity index (χ0n) is 10.5. The fourth-order valence-electron chi connectivity index (χ4n) is 3.15. The highest BCUT2D eigenvalue weighted by Crippen LogP contribution is 2.51. The smallest absolute Gasteiger partial charge is 0.308 e. The largest absolute Gasteiger partial charge is 0.465 e. The third-order valence-corrected chi connectivity index (χ3v) is 4.15. The summed E-state index contributed by atoms with van der Waals surface area (Å²) in [6.45, 7) is 6.57. The molecule has 0 saturated heterocycles. The Bertz CT molecular complexity index is 304. The maximum Gasteiger partial charge on any atom is 0.308 e. The van der Waals surface area contributed by atoms with Crippen LogP contribution in [-0.4, -0.2) is 12.6 Å². The molecule has 2 aliphatic rings. The number of rotatable bonds is 3. The summed E-state index contributed by atoms with van der Waals surface area (Å²) in [6.07, 6.45) is 6.07. The van der Waals surface area contributed by atoms with Gasteiger partial charge in [-0.15, -0.1) is 0 Å². The van der Waals surface area contributed by atoms with Gasteiger partial charge in [-0.1, -0.05) is 25.5 Å². The van der Waals surface area contributed by atoms with Crippen molar-refractivity contribution in [3.05, 3.63) is 11.6 Å². The maximum absolute atomic E-state index is 11.4. The second-order valence-electron chi connectivity index (χ2n) is 5.54. The molecule has 0 aliphatic heterocycles. The lowest BCUT2D eigenvalue weighted by Crippen LogP contribution is -2.22. The molecule has 2 saturated carbocycles. The van der Waals surface area contributed by atoms with Crippen LogP contribution >= 0.6 is 0 Å². The number of esters is 1. The summed E-state index contributed by atoms with van der Waals surface area (Å²) in [6, 6.07) is 0. The summed E-state index contributed by atoms with van der Waals surface area (Å²) >= 11 is 0. The Labute approximate surface area is 98.1 Å². The highest BCUT2D eigenvalue weighted by atomic mass is 16.5. The normalized spacial score (nSPS) is 35.0. The van der Waals surface area contributed by atoms with E-state index in [0.29, 0.717) is 12.5 Å². The molecular weight excluding hydrogens is 200 g/mol. The first-order valence-electron chi connectivity index (χ1n) is 6.43. The topological polar surface area (TPSA) is 26.3 Å². The monoisotopic (exact) mass is 222 g/mol. The van der Waals surface area contributed by atoms with Crippen LogP contribution in [0.2, 0.25) is 0 Å². The third kappa shape index (κ3) is 2.16. The van der Waals surface area contributed by atoms with Gasteiger partial charge in [0, 0.05) is 0 Å². The van der Waals surface area contributed by atoms with Crippen molar-refractivity contribution in [1.29, 1.82) is 0 Å². The zero-order valence-corrected chi connectivity index (χ0v) is 10.5. The summed E-state index contributed by atoms with van der Waals surface area (Å²) in [5.74, 6) is 2.14. The lowest BCUT2D eigenvalue weighted by Gasteiger charge is -2.23. The molecule has 0 amide bonds. The molecule has 1 unspecified atom stereocenters. The van der Waals surface area contributed by atoms with Crippen molar-refractivity contribution in [2.24, 2.45) is 23.7 Å². The van der Waals surface area contributed by atoms with Crippen molar-refractivity contribution in [2.45, 2.75) is 40.0 Å². The van der Waals surface area contributed by atoms with Gasteiger partial charge in [0.1, 0.15) is 0 Å². The van der Waals surface area contributed by atoms with E-state index in [2.05, 4.69) is 13.0 Å². The van der Waals surface area contributed by atoms with Crippen molar-refractivity contribution in [3.63, 3.8) is 0 Å². The number of allylic oxidation sites excluding steroid dienone is 2. The van der Waals surface area contributed by atoms with Crippen molar-refractivity contribution in [2.75, 3.05) is 6.61 Å². The molecule has 2 fully saturated rings. The molecule has 3 atom stereocenters. The van der Waals surface area contributed by atoms with E-state index in [1.165, 1.54) is 19.3 Å². The SMILES string of the molecule is CC=C1C[C@@H]2C[C@H]1CC2COC(=O)C(C)C. The first-order chi connectivity index (χ1) is 7.61. The van der Waals surface area contributed by atoms with Gasteiger partial charge in [0.15, 0.2) is 0 Å². The Morgan fingerprint density at radius 2 is 2.25 bits per heavy atom. The van der Waals surface area contributed by atoms with Crippen LogP contribution in [0.3, 0.4) is 0 Å². The van der Waals surface area contributed by atoms with E-state index in [1.54, 1.807) is 5.57 Å². The fourth-order valence-corrected chi connectivity index (χ4v) is 3.15. The molecule has 0 aromatic rings. The second-order valence-corrected chi connectivity index (χ2v) is 5.54. The molecule has 2 rings (SSSR count). The van der Waals surface area contributed by atoms with Gasteiger partial charge in [0.05, 0.1) is 12.5 Å². The molecule has 16 heavy (non-hydrogen) atoms. The van der Waals surface area contributed by atoms with E-state index in [0.717, 1.165) is 11.8 Å². The lowest BCUT2D eigenvalue weighted by molar-refractivity contribution is -0.149. The Hall–Kier alpha value is -0.790. The van der Waals surface area contributed by atoms with Gasteiger partial charge in [-0.3, -0.25) is 4.79 Å². The van der Waals surface area contributed by atoms with Crippen LogP contribution in [0, 0.1) is 23.7 Å². The average molecular weight is 222 g/mol. The van der Waals surface area contributed by atoms with Crippen LogP contribution in [-0.2, 0) is 9.53 Å². The van der Waals surface area contributed by atoms with Crippen LogP contribution in [0.4, 0.5) is 0 Å². The number of hydrogen-bond acceptors (Lipinski definition) is 2. The molecule has 0 radical (unpaired) electrons. The number of fused-ring (bicyclic) bond motifs is 2. The standard InChI is InChI=1S/C14H22O2/c1-4-10-5-12-6-11(10)7-13(12)8-16-14(15)9(2)3/h4,9,11-13H,5-8H2,1-3H3/t11-,12+,13?/m0/s1. The molecule has 0 heterocycles. The predicted octanol–water partition coefficient (Wildman–Crippen LogP) is 3.18. The highest BCUT2D eigenvalue weighted by molar-refractivity contribution is 5.71. The van der Waals surface area contributed by atoms with Gasteiger partial charge in [0.25, 0.3) is 0 Å². The van der Waals surface area contributed by atoms with Crippen molar-refractivity contribution >= 4 is 5.97 Å². The molecule has 2 aliphatic carbocycles. The minimum atomic E-state index is -0.0472. The van der Waals surface area contributed by atoms with Crippen LogP contribution in [0.25, 0.3) is 0 Å². The Morgan fingerprint density at radius 1 is 1.50 bits per heavy atom. The lowest BCUT2D eigenvalue weighted by atomic mass is 9.86. The zero-order chi connectivity index (χ0) is 11.7. The van der Waals surface area contributed by atoms with Gasteiger partial charge < -0.3 is 4.74 Å². The van der Waals surface area contributed by atoms with Gasteiger partial charge in [0.2, 0.25) is 0 Å². The number of carbonyl (C=O) groups is 1. The predicted molar refractivity (Wildman–Crippen MR) is 63.9 cm³/mol. The first kappa shape index (κ1) is 11.7. The van der Waals surface area contributed by atoms with Crippen molar-refractivity contribution < 1.29 is 9.53 Å². The van der Waals surface area contributed by atoms with E-state index >= 15 is 0 Å². The summed E-state index contributed by atoms with van der Waals surface area (Å²) < 4.78 is 5.35.